The topological polar surface area (TPSA) is 385 Å². The van der Waals surface area contributed by atoms with Crippen LogP contribution in [0.3, 0.4) is 0 Å². The van der Waals surface area contributed by atoms with Gasteiger partial charge in [-0.15, -0.1) is 0 Å². The molecule has 0 unspecified atom stereocenters. The van der Waals surface area contributed by atoms with Crippen LogP contribution < -0.4 is 81.1 Å². The van der Waals surface area contributed by atoms with E-state index >= 15 is 0 Å². The minimum Gasteiger partial charge on any atom is -0.478 e. The number of rotatable bonds is 12. The molecule has 0 saturated carbocycles. The monoisotopic (exact) mass is 1280 g/mol. The Kier molecular flexibility index (Phi) is 18.2. The fraction of sp³-hybridized carbons (Fsp3) is 0.0571. The van der Waals surface area contributed by atoms with Gasteiger partial charge in [0.15, 0.2) is 0 Å². The second-order valence-electron chi connectivity index (χ2n) is 21.0. The molecule has 9 aromatic carbocycles. The van der Waals surface area contributed by atoms with Gasteiger partial charge < -0.3 is 55.4 Å². The number of amides is 2. The number of anilines is 3. The molecule has 0 radical (unpaired) electrons. The van der Waals surface area contributed by atoms with E-state index in [-0.39, 0.29) is 54.2 Å². The minimum absolute atomic E-state index is 0.0181. The molecule has 0 fully saturated rings. The first-order chi connectivity index (χ1) is 45.3. The highest BCUT2D eigenvalue weighted by Crippen LogP contribution is 2.28. The number of benzene rings is 9. The van der Waals surface area contributed by atoms with Crippen LogP contribution in [0.4, 0.5) is 17.1 Å². The van der Waals surface area contributed by atoms with Gasteiger partial charge in [0.05, 0.1) is 71.0 Å². The summed E-state index contributed by atoms with van der Waals surface area (Å²) in [7, 11) is 2.66. The van der Waals surface area contributed by atoms with Crippen molar-refractivity contribution in [1.29, 1.82) is 0 Å². The van der Waals surface area contributed by atoms with E-state index in [4.69, 9.17) is 25.7 Å². The number of nitrogens with zero attached hydrogens (tertiary/aromatic N) is 2. The molecular weight excluding hydrogens is 1230 g/mol. The van der Waals surface area contributed by atoms with Gasteiger partial charge in [-0.25, -0.2) is 33.3 Å². The van der Waals surface area contributed by atoms with Crippen LogP contribution >= 0.6 is 0 Å². The Morgan fingerprint density at radius 2 is 0.684 bits per heavy atom. The highest BCUT2D eigenvalue weighted by molar-refractivity contribution is 6.15. The number of nitrogens with one attached hydrogen (secondary N) is 2. The van der Waals surface area contributed by atoms with Crippen molar-refractivity contribution >= 4 is 83.9 Å². The lowest BCUT2D eigenvalue weighted by atomic mass is 9.97. The van der Waals surface area contributed by atoms with Crippen molar-refractivity contribution in [2.45, 2.75) is 13.8 Å². The fourth-order valence-corrected chi connectivity index (χ4v) is 9.62. The van der Waals surface area contributed by atoms with E-state index in [1.165, 1.54) is 26.2 Å². The number of aromatic nitrogens is 2. The second kappa shape index (κ2) is 26.9. The van der Waals surface area contributed by atoms with Gasteiger partial charge in [-0.1, -0.05) is 35.4 Å². The summed E-state index contributed by atoms with van der Waals surface area (Å²) in [6.45, 7) is 3.95. The van der Waals surface area contributed by atoms with E-state index in [0.29, 0.717) is 34.4 Å². The Labute approximate surface area is 532 Å². The van der Waals surface area contributed by atoms with Crippen molar-refractivity contribution in [2.75, 3.05) is 23.8 Å². The summed E-state index contributed by atoms with van der Waals surface area (Å²) >= 11 is 0. The van der Waals surface area contributed by atoms with Crippen LogP contribution in [0, 0.1) is 13.8 Å². The Balaban J connectivity index is 0.000000146. The van der Waals surface area contributed by atoms with Gasteiger partial charge in [0.25, 0.3) is 34.1 Å². The van der Waals surface area contributed by atoms with Crippen molar-refractivity contribution in [3.05, 3.63) is 298 Å². The van der Waals surface area contributed by atoms with Crippen LogP contribution in [-0.4, -0.2) is 50.1 Å². The number of hydrogen-bond donors (Lipinski definition) is 6. The maximum Gasteiger partial charge on any atom is 0.346 e. The Bertz CT molecular complexity index is 5330. The maximum atomic E-state index is 12.9. The van der Waals surface area contributed by atoms with E-state index in [1.807, 2.05) is 86.6 Å². The largest absolute Gasteiger partial charge is 0.478 e. The number of aryl methyl sites for hydroxylation is 2. The average Bonchev–Trinajstić information content (AvgIpc) is 1.60. The number of furan rings is 2. The molecule has 8 N–H and O–H groups in total. The van der Waals surface area contributed by atoms with E-state index in [2.05, 4.69) is 19.5 Å². The van der Waals surface area contributed by atoms with Gasteiger partial charge >= 0.3 is 34.4 Å². The van der Waals surface area contributed by atoms with Gasteiger partial charge in [-0.05, 0) is 172 Å². The number of carbonyl (C=O) groups excluding carboxylic acids is 2. The van der Waals surface area contributed by atoms with Crippen molar-refractivity contribution in [2.24, 2.45) is 7.05 Å². The van der Waals surface area contributed by atoms with E-state index in [0.717, 1.165) is 67.4 Å². The van der Waals surface area contributed by atoms with Crippen LogP contribution in [0.2, 0.25) is 0 Å². The van der Waals surface area contributed by atoms with Gasteiger partial charge in [-0.3, -0.25) is 33.3 Å². The Morgan fingerprint density at radius 1 is 0.389 bits per heavy atom. The highest BCUT2D eigenvalue weighted by Gasteiger charge is 2.26. The zero-order valence-corrected chi connectivity index (χ0v) is 50.2. The van der Waals surface area contributed by atoms with E-state index < -0.39 is 79.6 Å². The highest BCUT2D eigenvalue weighted by atomic mass is 16.5. The SMILES string of the molecule is CNC(=O)c1cc(C(=O)Nc2ccc(Oc3ccc(C)cc3)cc2)c(C(=O)O)cc1C(=O)O.Cc1ccc(Oc2ccc(-n3c(=O)c4cc5c(=O)n(C)c(=O)c5cc4c3=O)cc2)cc1.Nc1ccc(Oc2ccc(N)cc2)cc1.O=c1oc(=O)c2cc3c(=O)oc(=O)c3cc12. The van der Waals surface area contributed by atoms with Crippen molar-refractivity contribution in [1.82, 2.24) is 14.5 Å². The molecule has 95 heavy (non-hydrogen) atoms. The molecule has 0 atom stereocenters. The summed E-state index contributed by atoms with van der Waals surface area (Å²) in [5.74, 6) is -0.671. The molecule has 0 spiro atoms. The molecule has 0 saturated heterocycles. The predicted octanol–water partition coefficient (Wildman–Crippen LogP) is 8.47. The molecule has 0 aliphatic heterocycles. The Hall–Kier alpha value is -13.6. The third-order valence-electron chi connectivity index (χ3n) is 14.6. The van der Waals surface area contributed by atoms with E-state index in [9.17, 15) is 67.7 Å². The van der Waals surface area contributed by atoms with Crippen LogP contribution in [0.5, 0.6) is 34.5 Å². The van der Waals surface area contributed by atoms with Gasteiger partial charge in [0.2, 0.25) is 0 Å². The van der Waals surface area contributed by atoms with Crippen molar-refractivity contribution < 1.29 is 52.4 Å². The molecule has 0 bridgehead atoms. The third-order valence-corrected chi connectivity index (χ3v) is 14.6. The van der Waals surface area contributed by atoms with Gasteiger partial charge in [0.1, 0.15) is 34.5 Å². The van der Waals surface area contributed by atoms with Crippen LogP contribution in [0.15, 0.2) is 229 Å². The first-order valence-corrected chi connectivity index (χ1v) is 28.2. The molecule has 2 amide bonds. The number of hydrogen-bond acceptors (Lipinski definition) is 19. The summed E-state index contributed by atoms with van der Waals surface area (Å²) in [6.07, 6.45) is 0. The summed E-state index contributed by atoms with van der Waals surface area (Å²) in [5, 5.41) is 24.1. The quantitative estimate of drug-likeness (QED) is 0.0624. The molecule has 4 aromatic heterocycles. The standard InChI is InChI=1S/C24H20N2O7.C24H16N2O5.C12H12N2O.C10H2O6/c1-13-3-7-15(8-4-13)33-16-9-5-14(6-10-16)26-22(28)18-11-17(21(27)25-2)19(23(29)30)12-20(18)24(31)32;1-13-3-7-15(8-4-13)31-16-9-5-14(6-10-16)26-23(29)19-11-17-18(12-20(19)24(26)30)22(28)25(2)21(17)27;13-9-1-5-11(6-2-9)15-12-7-3-10(14)4-8-12;11-7-3-1-4-6(10(14)16-8(4)12)2-5(3)9(13)15-7/h3-12H,1-2H3,(H,25,27)(H,26,28)(H,29,30)(H,31,32);3-12H,1-2H3;1-8H,13-14H2;1-2H. The zero-order valence-electron chi connectivity index (χ0n) is 50.2. The molecule has 474 valence electrons. The number of aromatic carboxylic acids is 2. The van der Waals surface area contributed by atoms with Crippen LogP contribution in [0.1, 0.15) is 52.6 Å². The van der Waals surface area contributed by atoms with Gasteiger partial charge in [-0.2, -0.15) is 0 Å². The molecule has 4 heterocycles. The Morgan fingerprint density at radius 3 is 1.03 bits per heavy atom. The molecule has 13 aromatic rings. The first kappa shape index (κ1) is 64.4. The number of nitrogens with two attached hydrogens (primary N) is 2. The smallest absolute Gasteiger partial charge is 0.346 e. The normalized spacial score (nSPS) is 10.8. The van der Waals surface area contributed by atoms with Crippen molar-refractivity contribution in [3.8, 4) is 40.2 Å². The summed E-state index contributed by atoms with van der Waals surface area (Å²) in [4.78, 5) is 143. The summed E-state index contributed by atoms with van der Waals surface area (Å²) in [6, 6.07) is 49.2. The van der Waals surface area contributed by atoms with Crippen LogP contribution in [0.25, 0.3) is 48.8 Å². The average molecular weight is 1280 g/mol. The molecule has 25 heteroatoms. The number of fused-ring (bicyclic) bond motifs is 4. The predicted molar refractivity (Wildman–Crippen MR) is 353 cm³/mol. The maximum absolute atomic E-state index is 12.9. The zero-order chi connectivity index (χ0) is 68.1. The molecule has 25 nitrogen and oxygen atoms in total. The van der Waals surface area contributed by atoms with Crippen molar-refractivity contribution in [3.63, 3.8) is 0 Å². The van der Waals surface area contributed by atoms with E-state index in [1.54, 1.807) is 72.8 Å². The lowest BCUT2D eigenvalue weighted by Gasteiger charge is -2.13. The molecule has 0 aliphatic carbocycles. The fourth-order valence-electron chi connectivity index (χ4n) is 9.62. The molecule has 0 aliphatic rings. The summed E-state index contributed by atoms with van der Waals surface area (Å²) < 4.78 is 27.8. The number of carboxylic acid groups (broad SMARTS) is 2. The number of nitrogen functional groups attached to an aromatic ring is 2. The third kappa shape index (κ3) is 13.9. The van der Waals surface area contributed by atoms with Crippen LogP contribution in [-0.2, 0) is 7.05 Å². The molecule has 13 rings (SSSR count). The summed E-state index contributed by atoms with van der Waals surface area (Å²) in [5.41, 5.74) is 8.41. The molecular formula is C70H50N6O19. The number of carboxylic acids is 2. The lowest BCUT2D eigenvalue weighted by molar-refractivity contribution is 0.0688. The number of carbonyl (C=O) groups is 4. The first-order valence-electron chi connectivity index (χ1n) is 28.2. The number of ether oxygens (including phenoxy) is 3. The minimum atomic E-state index is -1.51. The lowest BCUT2D eigenvalue weighted by Crippen LogP contribution is -2.24. The second-order valence-corrected chi connectivity index (χ2v) is 21.0. The van der Waals surface area contributed by atoms with Gasteiger partial charge in [0, 0.05) is 31.2 Å².